The number of hydrogen-bond donors (Lipinski definition) is 0. The van der Waals surface area contributed by atoms with Gasteiger partial charge in [0, 0.05) is 63.8 Å². The molecule has 0 unspecified atom stereocenters. The standard InChI is InChI=1S/C40H26N2O3/c1-40(2)44-37-19-15-25(27-10-7-11-31-29-9-4-6-13-36(29)43-39(27)31)21-33(37)30-17-16-26(22-38(30)45-40)42-34-12-5-3-8-28(34)32-20-24(23-41)14-18-35(32)42/h3-22H,1-2H3. The molecule has 8 aromatic rings. The van der Waals surface area contributed by atoms with Crippen LogP contribution < -0.4 is 9.47 Å². The minimum atomic E-state index is -0.901. The van der Waals surface area contributed by atoms with E-state index in [4.69, 9.17) is 13.9 Å². The van der Waals surface area contributed by atoms with Gasteiger partial charge in [0.05, 0.1) is 22.7 Å². The molecule has 5 nitrogen and oxygen atoms in total. The van der Waals surface area contributed by atoms with Crippen molar-refractivity contribution in [3.05, 3.63) is 127 Å². The molecule has 6 aromatic carbocycles. The summed E-state index contributed by atoms with van der Waals surface area (Å²) in [7, 11) is 0. The number of nitrogens with zero attached hydrogens (tertiary/aromatic N) is 2. The minimum Gasteiger partial charge on any atom is -0.455 e. The molecule has 2 aromatic heterocycles. The monoisotopic (exact) mass is 582 g/mol. The summed E-state index contributed by atoms with van der Waals surface area (Å²) in [5.41, 5.74) is 9.40. The molecule has 0 fully saturated rings. The lowest BCUT2D eigenvalue weighted by Crippen LogP contribution is -2.34. The molecule has 0 N–H and O–H groups in total. The zero-order valence-corrected chi connectivity index (χ0v) is 24.7. The van der Waals surface area contributed by atoms with Crippen molar-refractivity contribution in [2.75, 3.05) is 0 Å². The second kappa shape index (κ2) is 9.25. The predicted molar refractivity (Wildman–Crippen MR) is 179 cm³/mol. The molecular formula is C40H26N2O3. The van der Waals surface area contributed by atoms with E-state index in [0.717, 1.165) is 83.2 Å². The Hall–Kier alpha value is -5.99. The van der Waals surface area contributed by atoms with Crippen molar-refractivity contribution in [2.24, 2.45) is 0 Å². The van der Waals surface area contributed by atoms with Crippen molar-refractivity contribution in [2.45, 2.75) is 19.6 Å². The van der Waals surface area contributed by atoms with Crippen molar-refractivity contribution in [3.63, 3.8) is 0 Å². The lowest BCUT2D eigenvalue weighted by Gasteiger charge is -2.26. The average molecular weight is 583 g/mol. The van der Waals surface area contributed by atoms with Crippen LogP contribution in [-0.4, -0.2) is 10.4 Å². The van der Waals surface area contributed by atoms with Crippen LogP contribution in [0.2, 0.25) is 0 Å². The van der Waals surface area contributed by atoms with Crippen molar-refractivity contribution in [1.82, 2.24) is 4.57 Å². The quantitative estimate of drug-likeness (QED) is 0.203. The summed E-state index contributed by atoms with van der Waals surface area (Å²) >= 11 is 0. The third-order valence-electron chi connectivity index (χ3n) is 8.72. The normalized spacial score (nSPS) is 13.6. The number of para-hydroxylation sites is 3. The molecule has 45 heavy (non-hydrogen) atoms. The SMILES string of the molecule is CC1(C)Oc2cc(-n3c4ccccc4c4cc(C#N)ccc43)ccc2-c2cc(-c3cccc4c3oc3ccccc34)ccc2O1. The summed E-state index contributed by atoms with van der Waals surface area (Å²) in [4.78, 5) is 0. The van der Waals surface area contributed by atoms with Gasteiger partial charge in [0.25, 0.3) is 0 Å². The minimum absolute atomic E-state index is 0.639. The number of hydrogen-bond acceptors (Lipinski definition) is 4. The van der Waals surface area contributed by atoms with E-state index >= 15 is 0 Å². The highest BCUT2D eigenvalue weighted by Gasteiger charge is 2.30. The molecule has 1 aliphatic heterocycles. The fourth-order valence-corrected chi connectivity index (χ4v) is 6.80. The van der Waals surface area contributed by atoms with Gasteiger partial charge in [-0.1, -0.05) is 60.7 Å². The smallest absolute Gasteiger partial charge is 0.245 e. The second-order valence-corrected chi connectivity index (χ2v) is 12.0. The third kappa shape index (κ3) is 3.86. The van der Waals surface area contributed by atoms with Crippen molar-refractivity contribution >= 4 is 43.7 Å². The van der Waals surface area contributed by atoms with E-state index in [2.05, 4.69) is 77.4 Å². The zero-order valence-electron chi connectivity index (χ0n) is 24.7. The van der Waals surface area contributed by atoms with Crippen LogP contribution >= 0.6 is 0 Å². The molecular weight excluding hydrogens is 556 g/mol. The maximum absolute atomic E-state index is 9.57. The Kier molecular flexibility index (Phi) is 5.24. The molecule has 9 rings (SSSR count). The van der Waals surface area contributed by atoms with Gasteiger partial charge in [-0.25, -0.2) is 0 Å². The van der Waals surface area contributed by atoms with Gasteiger partial charge >= 0.3 is 0 Å². The Morgan fingerprint density at radius 1 is 0.600 bits per heavy atom. The predicted octanol–water partition coefficient (Wildman–Crippen LogP) is 10.4. The number of furan rings is 1. The maximum Gasteiger partial charge on any atom is 0.245 e. The molecule has 3 heterocycles. The van der Waals surface area contributed by atoms with Gasteiger partial charge in [-0.05, 0) is 60.2 Å². The summed E-state index contributed by atoms with van der Waals surface area (Å²) in [6.07, 6.45) is 0. The van der Waals surface area contributed by atoms with E-state index in [1.807, 2.05) is 68.4 Å². The van der Waals surface area contributed by atoms with Crippen LogP contribution in [0.15, 0.2) is 126 Å². The molecule has 214 valence electrons. The molecule has 1 aliphatic rings. The van der Waals surface area contributed by atoms with Crippen LogP contribution in [-0.2, 0) is 0 Å². The second-order valence-electron chi connectivity index (χ2n) is 12.0. The van der Waals surface area contributed by atoms with E-state index in [1.165, 1.54) is 0 Å². The Balaban J connectivity index is 1.24. The van der Waals surface area contributed by atoms with Crippen molar-refractivity contribution in [1.29, 1.82) is 5.26 Å². The Bertz CT molecular complexity index is 2540. The largest absolute Gasteiger partial charge is 0.455 e. The Labute approximate surface area is 259 Å². The van der Waals surface area contributed by atoms with E-state index in [-0.39, 0.29) is 0 Å². The van der Waals surface area contributed by atoms with Crippen LogP contribution in [0.25, 0.3) is 71.7 Å². The van der Waals surface area contributed by atoms with Crippen LogP contribution in [0, 0.1) is 11.3 Å². The van der Waals surface area contributed by atoms with E-state index in [1.54, 1.807) is 0 Å². The lowest BCUT2D eigenvalue weighted by atomic mass is 9.96. The van der Waals surface area contributed by atoms with Gasteiger partial charge in [0.1, 0.15) is 22.7 Å². The molecule has 0 radical (unpaired) electrons. The van der Waals surface area contributed by atoms with Crippen LogP contribution in [0.4, 0.5) is 0 Å². The zero-order chi connectivity index (χ0) is 30.3. The van der Waals surface area contributed by atoms with Gasteiger partial charge in [-0.2, -0.15) is 5.26 Å². The summed E-state index contributed by atoms with van der Waals surface area (Å²) in [6.45, 7) is 3.87. The summed E-state index contributed by atoms with van der Waals surface area (Å²) in [5.74, 6) is 0.587. The first-order valence-corrected chi connectivity index (χ1v) is 15.0. The molecule has 0 amide bonds. The highest BCUT2D eigenvalue weighted by atomic mass is 16.7. The van der Waals surface area contributed by atoms with Crippen molar-refractivity contribution < 1.29 is 13.9 Å². The number of aromatic nitrogens is 1. The highest BCUT2D eigenvalue weighted by molar-refractivity contribution is 6.11. The Morgan fingerprint density at radius 2 is 1.38 bits per heavy atom. The number of nitriles is 1. The van der Waals surface area contributed by atoms with Crippen LogP contribution in [0.1, 0.15) is 19.4 Å². The Morgan fingerprint density at radius 3 is 2.27 bits per heavy atom. The van der Waals surface area contributed by atoms with Gasteiger partial charge in [-0.3, -0.25) is 0 Å². The van der Waals surface area contributed by atoms with Gasteiger partial charge < -0.3 is 18.5 Å². The highest BCUT2D eigenvalue weighted by Crippen LogP contribution is 2.46. The summed E-state index contributed by atoms with van der Waals surface area (Å²) in [5, 5.41) is 13.9. The first-order chi connectivity index (χ1) is 22.0. The number of benzene rings is 6. The molecule has 0 saturated carbocycles. The van der Waals surface area contributed by atoms with Crippen LogP contribution in [0.3, 0.4) is 0 Å². The molecule has 5 heteroatoms. The lowest BCUT2D eigenvalue weighted by molar-refractivity contribution is -0.0778. The molecule has 0 bridgehead atoms. The van der Waals surface area contributed by atoms with E-state index in [9.17, 15) is 5.26 Å². The first kappa shape index (κ1) is 25.5. The summed E-state index contributed by atoms with van der Waals surface area (Å²) in [6, 6.07) is 43.5. The molecule has 0 saturated heterocycles. The fraction of sp³-hybridized carbons (Fsp3) is 0.0750. The maximum atomic E-state index is 9.57. The number of rotatable bonds is 2. The van der Waals surface area contributed by atoms with E-state index in [0.29, 0.717) is 5.56 Å². The van der Waals surface area contributed by atoms with E-state index < -0.39 is 5.79 Å². The topological polar surface area (TPSA) is 60.3 Å². The van der Waals surface area contributed by atoms with Gasteiger partial charge in [0.2, 0.25) is 5.79 Å². The van der Waals surface area contributed by atoms with Gasteiger partial charge in [0.15, 0.2) is 0 Å². The fourth-order valence-electron chi connectivity index (χ4n) is 6.80. The molecule has 0 atom stereocenters. The van der Waals surface area contributed by atoms with Gasteiger partial charge in [-0.15, -0.1) is 0 Å². The average Bonchev–Trinajstić information content (AvgIpc) is 3.57. The first-order valence-electron chi connectivity index (χ1n) is 15.0. The third-order valence-corrected chi connectivity index (χ3v) is 8.72. The molecule has 0 spiro atoms. The van der Waals surface area contributed by atoms with Crippen LogP contribution in [0.5, 0.6) is 11.5 Å². The van der Waals surface area contributed by atoms with Crippen molar-refractivity contribution in [3.8, 4) is 45.5 Å². The number of ether oxygens (including phenoxy) is 2. The summed E-state index contributed by atoms with van der Waals surface area (Å²) < 4.78 is 21.7. The molecule has 0 aliphatic carbocycles. The number of fused-ring (bicyclic) bond motifs is 9.